The number of rotatable bonds is 0. The standard InChI is InChI=1S/C6H8N2O.C2H6/c7-4-2-1-3-5(9)6(4)8;1-2/h1-3,9H,7-8H2;1-2H3. The first-order valence-corrected chi connectivity index (χ1v) is 3.54. The number of benzene rings is 1. The van der Waals surface area contributed by atoms with E-state index in [-0.39, 0.29) is 11.4 Å². The summed E-state index contributed by atoms with van der Waals surface area (Å²) in [6.45, 7) is 4.00. The molecule has 1 aromatic rings. The number of nitrogen functional groups attached to an aromatic ring is 2. The summed E-state index contributed by atoms with van der Waals surface area (Å²) >= 11 is 0. The van der Waals surface area contributed by atoms with Crippen LogP contribution in [0.15, 0.2) is 18.2 Å². The van der Waals surface area contributed by atoms with Crippen LogP contribution in [0.1, 0.15) is 13.8 Å². The molecule has 0 unspecified atom stereocenters. The van der Waals surface area contributed by atoms with E-state index < -0.39 is 0 Å². The molecule has 0 atom stereocenters. The van der Waals surface area contributed by atoms with Gasteiger partial charge in [-0.25, -0.2) is 0 Å². The summed E-state index contributed by atoms with van der Waals surface area (Å²) in [5.41, 5.74) is 11.3. The highest BCUT2D eigenvalue weighted by Crippen LogP contribution is 2.24. The molecule has 0 fully saturated rings. The van der Waals surface area contributed by atoms with Crippen molar-refractivity contribution < 1.29 is 5.11 Å². The summed E-state index contributed by atoms with van der Waals surface area (Å²) in [7, 11) is 0. The number of anilines is 2. The first-order chi connectivity index (χ1) is 5.22. The smallest absolute Gasteiger partial charge is 0.140 e. The van der Waals surface area contributed by atoms with E-state index in [4.69, 9.17) is 16.6 Å². The van der Waals surface area contributed by atoms with Crippen molar-refractivity contribution in [2.24, 2.45) is 0 Å². The molecular formula is C8H14N2O. The van der Waals surface area contributed by atoms with Crippen LogP contribution in [0.2, 0.25) is 0 Å². The highest BCUT2D eigenvalue weighted by atomic mass is 16.3. The Morgan fingerprint density at radius 1 is 1.18 bits per heavy atom. The molecule has 0 amide bonds. The Balaban J connectivity index is 0.000000461. The normalized spacial score (nSPS) is 8.18. The number of hydrogen-bond donors (Lipinski definition) is 3. The second kappa shape index (κ2) is 4.44. The minimum absolute atomic E-state index is 0.0370. The fourth-order valence-corrected chi connectivity index (χ4v) is 0.570. The predicted molar refractivity (Wildman–Crippen MR) is 48.3 cm³/mol. The molecule has 5 N–H and O–H groups in total. The van der Waals surface area contributed by atoms with Crippen molar-refractivity contribution in [1.82, 2.24) is 0 Å². The van der Waals surface area contributed by atoms with Crippen LogP contribution < -0.4 is 11.5 Å². The van der Waals surface area contributed by atoms with Gasteiger partial charge in [0.25, 0.3) is 0 Å². The molecule has 0 radical (unpaired) electrons. The summed E-state index contributed by atoms with van der Waals surface area (Å²) in [4.78, 5) is 0. The number of aromatic hydroxyl groups is 1. The lowest BCUT2D eigenvalue weighted by atomic mass is 10.2. The van der Waals surface area contributed by atoms with E-state index in [1.165, 1.54) is 6.07 Å². The van der Waals surface area contributed by atoms with Gasteiger partial charge in [0.15, 0.2) is 0 Å². The minimum atomic E-state index is 0.0370. The number of nitrogens with two attached hydrogens (primary N) is 2. The average molecular weight is 154 g/mol. The van der Waals surface area contributed by atoms with Crippen molar-refractivity contribution in [2.75, 3.05) is 11.5 Å². The monoisotopic (exact) mass is 154 g/mol. The fourth-order valence-electron chi connectivity index (χ4n) is 0.570. The minimum Gasteiger partial charge on any atom is -0.506 e. The largest absolute Gasteiger partial charge is 0.506 e. The lowest BCUT2D eigenvalue weighted by Gasteiger charge is -1.99. The Labute approximate surface area is 66.6 Å². The van der Waals surface area contributed by atoms with Gasteiger partial charge in [-0.1, -0.05) is 19.9 Å². The van der Waals surface area contributed by atoms with E-state index in [9.17, 15) is 0 Å². The third kappa shape index (κ3) is 2.37. The fraction of sp³-hybridized carbons (Fsp3) is 0.250. The average Bonchev–Trinajstić information content (AvgIpc) is 2.04. The topological polar surface area (TPSA) is 72.3 Å². The molecule has 0 spiro atoms. The Bertz CT molecular complexity index is 203. The van der Waals surface area contributed by atoms with Gasteiger partial charge in [-0.3, -0.25) is 0 Å². The van der Waals surface area contributed by atoms with Crippen LogP contribution in [0, 0.1) is 0 Å². The number of hydrogen-bond acceptors (Lipinski definition) is 3. The second-order valence-electron chi connectivity index (χ2n) is 1.78. The summed E-state index contributed by atoms with van der Waals surface area (Å²) in [5, 5.41) is 8.90. The maximum atomic E-state index is 8.90. The summed E-state index contributed by atoms with van der Waals surface area (Å²) in [6.07, 6.45) is 0. The first kappa shape index (κ1) is 9.62. The van der Waals surface area contributed by atoms with Crippen molar-refractivity contribution in [2.45, 2.75) is 13.8 Å². The second-order valence-corrected chi connectivity index (χ2v) is 1.78. The van der Waals surface area contributed by atoms with E-state index in [1.807, 2.05) is 13.8 Å². The van der Waals surface area contributed by atoms with Gasteiger partial charge in [-0.05, 0) is 12.1 Å². The van der Waals surface area contributed by atoms with Gasteiger partial charge in [0.2, 0.25) is 0 Å². The number of para-hydroxylation sites is 1. The van der Waals surface area contributed by atoms with Crippen LogP contribution in [-0.2, 0) is 0 Å². The maximum Gasteiger partial charge on any atom is 0.140 e. The Hall–Kier alpha value is -1.38. The van der Waals surface area contributed by atoms with E-state index in [0.29, 0.717) is 5.69 Å². The van der Waals surface area contributed by atoms with Gasteiger partial charge in [0, 0.05) is 0 Å². The highest BCUT2D eigenvalue weighted by Gasteiger charge is 1.96. The van der Waals surface area contributed by atoms with Crippen molar-refractivity contribution in [3.05, 3.63) is 18.2 Å². The Morgan fingerprint density at radius 3 is 2.09 bits per heavy atom. The molecule has 1 aromatic carbocycles. The third-order valence-electron chi connectivity index (χ3n) is 1.12. The predicted octanol–water partition coefficient (Wildman–Crippen LogP) is 1.58. The lowest BCUT2D eigenvalue weighted by molar-refractivity contribution is 0.478. The SMILES string of the molecule is CC.Nc1cccc(O)c1N. The molecule has 0 heterocycles. The van der Waals surface area contributed by atoms with E-state index in [2.05, 4.69) is 0 Å². The molecule has 0 aliphatic heterocycles. The zero-order chi connectivity index (χ0) is 8.85. The van der Waals surface area contributed by atoms with E-state index in [0.717, 1.165) is 0 Å². The molecule has 0 saturated carbocycles. The molecular weight excluding hydrogens is 140 g/mol. The van der Waals surface area contributed by atoms with Crippen LogP contribution in [-0.4, -0.2) is 5.11 Å². The zero-order valence-electron chi connectivity index (χ0n) is 6.83. The molecule has 3 nitrogen and oxygen atoms in total. The molecule has 0 aliphatic rings. The molecule has 3 heteroatoms. The Kier molecular flexibility index (Phi) is 3.88. The maximum absolute atomic E-state index is 8.90. The summed E-state index contributed by atoms with van der Waals surface area (Å²) < 4.78 is 0. The molecule has 0 aliphatic carbocycles. The van der Waals surface area contributed by atoms with Crippen LogP contribution in [0.25, 0.3) is 0 Å². The van der Waals surface area contributed by atoms with Crippen LogP contribution in [0.3, 0.4) is 0 Å². The van der Waals surface area contributed by atoms with Gasteiger partial charge in [-0.15, -0.1) is 0 Å². The molecule has 62 valence electrons. The quantitative estimate of drug-likeness (QED) is 0.392. The van der Waals surface area contributed by atoms with Gasteiger partial charge < -0.3 is 16.6 Å². The molecule has 0 saturated heterocycles. The van der Waals surface area contributed by atoms with Crippen LogP contribution in [0.4, 0.5) is 11.4 Å². The Morgan fingerprint density at radius 2 is 1.73 bits per heavy atom. The van der Waals surface area contributed by atoms with Crippen molar-refractivity contribution in [1.29, 1.82) is 0 Å². The number of phenols is 1. The van der Waals surface area contributed by atoms with Gasteiger partial charge in [-0.2, -0.15) is 0 Å². The third-order valence-corrected chi connectivity index (χ3v) is 1.12. The van der Waals surface area contributed by atoms with Gasteiger partial charge >= 0.3 is 0 Å². The number of phenolic OH excluding ortho intramolecular Hbond substituents is 1. The highest BCUT2D eigenvalue weighted by molar-refractivity contribution is 5.69. The summed E-state index contributed by atoms with van der Waals surface area (Å²) in [6, 6.07) is 4.77. The van der Waals surface area contributed by atoms with E-state index in [1.54, 1.807) is 12.1 Å². The van der Waals surface area contributed by atoms with Crippen molar-refractivity contribution in [3.8, 4) is 5.75 Å². The van der Waals surface area contributed by atoms with Gasteiger partial charge in [0.1, 0.15) is 5.75 Å². The summed E-state index contributed by atoms with van der Waals surface area (Å²) in [5.74, 6) is 0.0370. The molecule has 11 heavy (non-hydrogen) atoms. The van der Waals surface area contributed by atoms with Gasteiger partial charge in [0.05, 0.1) is 11.4 Å². The van der Waals surface area contributed by atoms with Crippen molar-refractivity contribution in [3.63, 3.8) is 0 Å². The molecule has 0 aromatic heterocycles. The zero-order valence-corrected chi connectivity index (χ0v) is 6.83. The molecule has 1 rings (SSSR count). The molecule has 0 bridgehead atoms. The first-order valence-electron chi connectivity index (χ1n) is 3.54. The van der Waals surface area contributed by atoms with Crippen LogP contribution >= 0.6 is 0 Å². The van der Waals surface area contributed by atoms with E-state index >= 15 is 0 Å². The lowest BCUT2D eigenvalue weighted by Crippen LogP contribution is -1.93. The van der Waals surface area contributed by atoms with Crippen LogP contribution in [0.5, 0.6) is 5.75 Å². The van der Waals surface area contributed by atoms with Crippen molar-refractivity contribution >= 4 is 11.4 Å².